The Hall–Kier alpha value is -1.55. The lowest BCUT2D eigenvalue weighted by Crippen LogP contribution is -2.32. The van der Waals surface area contributed by atoms with Gasteiger partial charge in [0.05, 0.1) is 6.10 Å². The Morgan fingerprint density at radius 3 is 2.71 bits per heavy atom. The van der Waals surface area contributed by atoms with Crippen molar-refractivity contribution in [3.05, 3.63) is 30.3 Å². The van der Waals surface area contributed by atoms with Crippen LogP contribution >= 0.6 is 0 Å². The number of amides is 2. The fraction of sp³-hybridized carbons (Fsp3) is 0.462. The van der Waals surface area contributed by atoms with Gasteiger partial charge in [0.15, 0.2) is 0 Å². The molecule has 0 radical (unpaired) electrons. The molecule has 2 unspecified atom stereocenters. The van der Waals surface area contributed by atoms with E-state index in [4.69, 9.17) is 0 Å². The molecule has 1 aromatic carbocycles. The average Bonchev–Trinajstić information content (AvgIpc) is 2.74. The molecule has 1 saturated carbocycles. The highest BCUT2D eigenvalue weighted by molar-refractivity contribution is 5.89. The molecular formula is C13H18N2O2. The zero-order chi connectivity index (χ0) is 12.1. The van der Waals surface area contributed by atoms with Crippen molar-refractivity contribution in [3.63, 3.8) is 0 Å². The van der Waals surface area contributed by atoms with E-state index in [-0.39, 0.29) is 12.1 Å². The van der Waals surface area contributed by atoms with E-state index < -0.39 is 0 Å². The number of aliphatic hydroxyl groups is 1. The first-order valence-corrected chi connectivity index (χ1v) is 6.02. The smallest absolute Gasteiger partial charge is 0.319 e. The molecule has 4 heteroatoms. The molecule has 2 rings (SSSR count). The van der Waals surface area contributed by atoms with Gasteiger partial charge in [0, 0.05) is 12.2 Å². The normalized spacial score (nSPS) is 23.4. The topological polar surface area (TPSA) is 61.4 Å². The molecule has 0 saturated heterocycles. The number of hydrogen-bond acceptors (Lipinski definition) is 2. The van der Waals surface area contributed by atoms with E-state index in [0.717, 1.165) is 24.9 Å². The third-order valence-corrected chi connectivity index (χ3v) is 3.10. The zero-order valence-corrected chi connectivity index (χ0v) is 9.73. The van der Waals surface area contributed by atoms with Crippen molar-refractivity contribution in [1.82, 2.24) is 5.32 Å². The number of aliphatic hydroxyl groups excluding tert-OH is 1. The summed E-state index contributed by atoms with van der Waals surface area (Å²) in [5.74, 6) is 0.409. The van der Waals surface area contributed by atoms with Gasteiger partial charge in [-0.05, 0) is 37.3 Å². The Balaban J connectivity index is 1.71. The standard InChI is InChI=1S/C13H18N2O2/c16-12-7-6-10(8-12)9-14-13(17)15-11-4-2-1-3-5-11/h1-5,10,12,16H,6-9H2,(H2,14,15,17). The van der Waals surface area contributed by atoms with E-state index >= 15 is 0 Å². The maximum absolute atomic E-state index is 11.6. The van der Waals surface area contributed by atoms with Crippen LogP contribution in [0.5, 0.6) is 0 Å². The molecule has 1 aliphatic carbocycles. The van der Waals surface area contributed by atoms with Crippen molar-refractivity contribution in [3.8, 4) is 0 Å². The van der Waals surface area contributed by atoms with E-state index in [1.807, 2.05) is 30.3 Å². The molecular weight excluding hydrogens is 216 g/mol. The van der Waals surface area contributed by atoms with Gasteiger partial charge in [-0.1, -0.05) is 18.2 Å². The fourth-order valence-electron chi connectivity index (χ4n) is 2.17. The third-order valence-electron chi connectivity index (χ3n) is 3.10. The Morgan fingerprint density at radius 2 is 2.06 bits per heavy atom. The predicted molar refractivity (Wildman–Crippen MR) is 66.8 cm³/mol. The number of benzene rings is 1. The summed E-state index contributed by atoms with van der Waals surface area (Å²) in [7, 11) is 0. The second-order valence-electron chi connectivity index (χ2n) is 4.53. The summed E-state index contributed by atoms with van der Waals surface area (Å²) in [5.41, 5.74) is 0.788. The summed E-state index contributed by atoms with van der Waals surface area (Å²) in [6.07, 6.45) is 2.46. The highest BCUT2D eigenvalue weighted by atomic mass is 16.3. The summed E-state index contributed by atoms with van der Waals surface area (Å²) >= 11 is 0. The van der Waals surface area contributed by atoms with Crippen LogP contribution in [0.25, 0.3) is 0 Å². The quantitative estimate of drug-likeness (QED) is 0.748. The zero-order valence-electron chi connectivity index (χ0n) is 9.73. The van der Waals surface area contributed by atoms with Crippen LogP contribution in [0.4, 0.5) is 10.5 Å². The van der Waals surface area contributed by atoms with Gasteiger partial charge < -0.3 is 15.7 Å². The number of hydrogen-bond donors (Lipinski definition) is 3. The minimum atomic E-state index is -0.183. The van der Waals surface area contributed by atoms with Crippen molar-refractivity contribution in [2.45, 2.75) is 25.4 Å². The predicted octanol–water partition coefficient (Wildman–Crippen LogP) is 1.97. The van der Waals surface area contributed by atoms with Crippen LogP contribution in [0.2, 0.25) is 0 Å². The van der Waals surface area contributed by atoms with Crippen molar-refractivity contribution >= 4 is 11.7 Å². The van der Waals surface area contributed by atoms with Gasteiger partial charge in [-0.25, -0.2) is 4.79 Å². The van der Waals surface area contributed by atoms with Crippen LogP contribution in [-0.2, 0) is 0 Å². The number of carbonyl (C=O) groups is 1. The lowest BCUT2D eigenvalue weighted by Gasteiger charge is -2.11. The second kappa shape index (κ2) is 5.68. The van der Waals surface area contributed by atoms with E-state index in [1.165, 1.54) is 0 Å². The van der Waals surface area contributed by atoms with Crippen molar-refractivity contribution in [2.24, 2.45) is 5.92 Å². The first-order chi connectivity index (χ1) is 8.24. The van der Waals surface area contributed by atoms with Crippen molar-refractivity contribution in [2.75, 3.05) is 11.9 Å². The van der Waals surface area contributed by atoms with Gasteiger partial charge >= 0.3 is 6.03 Å². The summed E-state index contributed by atoms with van der Waals surface area (Å²) in [6.45, 7) is 0.635. The fourth-order valence-corrected chi connectivity index (χ4v) is 2.17. The largest absolute Gasteiger partial charge is 0.393 e. The van der Waals surface area contributed by atoms with E-state index in [0.29, 0.717) is 12.5 Å². The monoisotopic (exact) mass is 234 g/mol. The van der Waals surface area contributed by atoms with Crippen LogP contribution in [0.15, 0.2) is 30.3 Å². The molecule has 4 nitrogen and oxygen atoms in total. The van der Waals surface area contributed by atoms with Gasteiger partial charge in [-0.3, -0.25) is 0 Å². The first-order valence-electron chi connectivity index (χ1n) is 6.02. The van der Waals surface area contributed by atoms with Gasteiger partial charge in [0.2, 0.25) is 0 Å². The summed E-state index contributed by atoms with van der Waals surface area (Å²) in [5, 5.41) is 15.0. The maximum Gasteiger partial charge on any atom is 0.319 e. The number of anilines is 1. The highest BCUT2D eigenvalue weighted by Gasteiger charge is 2.22. The summed E-state index contributed by atoms with van der Waals surface area (Å²) < 4.78 is 0. The number of nitrogens with one attached hydrogen (secondary N) is 2. The third kappa shape index (κ3) is 3.75. The van der Waals surface area contributed by atoms with E-state index in [2.05, 4.69) is 10.6 Å². The van der Waals surface area contributed by atoms with Crippen LogP contribution < -0.4 is 10.6 Å². The first kappa shape index (κ1) is 11.9. The van der Waals surface area contributed by atoms with Gasteiger partial charge in [-0.15, -0.1) is 0 Å². The number of para-hydroxylation sites is 1. The molecule has 0 heterocycles. The van der Waals surface area contributed by atoms with Gasteiger partial charge in [0.25, 0.3) is 0 Å². The average molecular weight is 234 g/mol. The summed E-state index contributed by atoms with van der Waals surface area (Å²) in [4.78, 5) is 11.6. The maximum atomic E-state index is 11.6. The lowest BCUT2D eigenvalue weighted by atomic mass is 10.1. The van der Waals surface area contributed by atoms with Crippen molar-refractivity contribution in [1.29, 1.82) is 0 Å². The molecule has 0 aromatic heterocycles. The SMILES string of the molecule is O=C(NCC1CCC(O)C1)Nc1ccccc1. The molecule has 0 bridgehead atoms. The number of urea groups is 1. The van der Waals surface area contributed by atoms with Crippen LogP contribution in [0.3, 0.4) is 0 Å². The molecule has 0 spiro atoms. The van der Waals surface area contributed by atoms with E-state index in [1.54, 1.807) is 0 Å². The Morgan fingerprint density at radius 1 is 1.29 bits per heavy atom. The highest BCUT2D eigenvalue weighted by Crippen LogP contribution is 2.24. The molecule has 3 N–H and O–H groups in total. The van der Waals surface area contributed by atoms with E-state index in [9.17, 15) is 9.90 Å². The summed E-state index contributed by atoms with van der Waals surface area (Å²) in [6, 6.07) is 9.17. The number of rotatable bonds is 3. The Bertz CT molecular complexity index is 367. The minimum Gasteiger partial charge on any atom is -0.393 e. The molecule has 1 aromatic rings. The van der Waals surface area contributed by atoms with Crippen LogP contribution in [0.1, 0.15) is 19.3 Å². The molecule has 1 aliphatic rings. The molecule has 0 aliphatic heterocycles. The Labute approximate surface area is 101 Å². The van der Waals surface area contributed by atoms with Gasteiger partial charge in [0.1, 0.15) is 0 Å². The molecule has 92 valence electrons. The minimum absolute atomic E-state index is 0.181. The van der Waals surface area contributed by atoms with Gasteiger partial charge in [-0.2, -0.15) is 0 Å². The molecule has 2 amide bonds. The van der Waals surface area contributed by atoms with Crippen LogP contribution in [-0.4, -0.2) is 23.8 Å². The molecule has 2 atom stereocenters. The Kier molecular flexibility index (Phi) is 3.98. The molecule has 17 heavy (non-hydrogen) atoms. The van der Waals surface area contributed by atoms with Crippen molar-refractivity contribution < 1.29 is 9.90 Å². The van der Waals surface area contributed by atoms with Crippen LogP contribution in [0, 0.1) is 5.92 Å². The lowest BCUT2D eigenvalue weighted by molar-refractivity contribution is 0.177. The number of carbonyl (C=O) groups excluding carboxylic acids is 1. The second-order valence-corrected chi connectivity index (χ2v) is 4.53. The molecule has 1 fully saturated rings.